The maximum absolute atomic E-state index is 14.5. The van der Waals surface area contributed by atoms with Crippen molar-refractivity contribution < 1.29 is 37.3 Å². The number of carbonyl (C=O) groups excluding carboxylic acids is 2. The Morgan fingerprint density at radius 1 is 0.973 bits per heavy atom. The van der Waals surface area contributed by atoms with Crippen LogP contribution in [0.2, 0.25) is 0 Å². The molecule has 9 heteroatoms. The van der Waals surface area contributed by atoms with Gasteiger partial charge in [0.1, 0.15) is 29.6 Å². The molecule has 0 fully saturated rings. The Kier molecular flexibility index (Phi) is 7.91. The first-order valence-corrected chi connectivity index (χ1v) is 11.8. The number of nitrogens with zero attached hydrogens (tertiary/aromatic N) is 1. The largest absolute Gasteiger partial charge is 0.493 e. The first-order chi connectivity index (χ1) is 17.9. The lowest BCUT2D eigenvalue weighted by Gasteiger charge is -2.37. The Morgan fingerprint density at radius 2 is 1.62 bits per heavy atom. The highest BCUT2D eigenvalue weighted by molar-refractivity contribution is 5.95. The van der Waals surface area contributed by atoms with Crippen LogP contribution in [0.25, 0.3) is 0 Å². The molecule has 0 saturated carbocycles. The van der Waals surface area contributed by atoms with Gasteiger partial charge in [-0.2, -0.15) is 0 Å². The molecule has 0 unspecified atom stereocenters. The molecule has 1 aliphatic rings. The summed E-state index contributed by atoms with van der Waals surface area (Å²) < 4.78 is 50.9. The van der Waals surface area contributed by atoms with Crippen LogP contribution in [-0.4, -0.2) is 50.8 Å². The monoisotopic (exact) mass is 511 g/mol. The molecule has 4 rings (SSSR count). The van der Waals surface area contributed by atoms with Crippen molar-refractivity contribution in [1.82, 2.24) is 4.90 Å². The average Bonchev–Trinajstić information content (AvgIpc) is 2.91. The Balaban J connectivity index is 1.67. The third-order valence-corrected chi connectivity index (χ3v) is 6.21. The van der Waals surface area contributed by atoms with Crippen molar-refractivity contribution in [3.8, 4) is 17.2 Å². The van der Waals surface area contributed by atoms with Crippen LogP contribution < -0.4 is 14.2 Å². The van der Waals surface area contributed by atoms with Crippen LogP contribution >= 0.6 is 0 Å². The van der Waals surface area contributed by atoms with Crippen LogP contribution in [0.15, 0.2) is 54.6 Å². The van der Waals surface area contributed by atoms with Crippen molar-refractivity contribution in [2.45, 2.75) is 19.4 Å². The molecule has 1 atom stereocenters. The number of benzene rings is 3. The number of esters is 1. The second-order valence-electron chi connectivity index (χ2n) is 8.32. The van der Waals surface area contributed by atoms with Crippen molar-refractivity contribution in [2.75, 3.05) is 34.0 Å². The van der Waals surface area contributed by atoms with Gasteiger partial charge in [-0.25, -0.2) is 13.6 Å². The summed E-state index contributed by atoms with van der Waals surface area (Å²) in [7, 11) is 3.03. The molecule has 37 heavy (non-hydrogen) atoms. The molecule has 1 heterocycles. The van der Waals surface area contributed by atoms with E-state index in [2.05, 4.69) is 0 Å². The molecule has 0 bridgehead atoms. The van der Waals surface area contributed by atoms with Crippen LogP contribution in [0, 0.1) is 11.6 Å². The smallest absolute Gasteiger partial charge is 0.338 e. The fourth-order valence-corrected chi connectivity index (χ4v) is 4.37. The summed E-state index contributed by atoms with van der Waals surface area (Å²) in [6, 6.07) is 12.6. The number of hydrogen-bond donors (Lipinski definition) is 0. The minimum atomic E-state index is -0.933. The molecule has 0 aliphatic carbocycles. The van der Waals surface area contributed by atoms with Gasteiger partial charge in [-0.1, -0.05) is 6.07 Å². The number of ether oxygens (including phenoxy) is 4. The van der Waals surface area contributed by atoms with E-state index in [1.165, 1.54) is 25.2 Å². The molecule has 0 saturated heterocycles. The number of halogens is 2. The molecular formula is C28H27F2NO6. The normalized spacial score (nSPS) is 14.5. The van der Waals surface area contributed by atoms with Crippen molar-refractivity contribution in [3.05, 3.63) is 88.5 Å². The van der Waals surface area contributed by atoms with Gasteiger partial charge in [0, 0.05) is 6.54 Å². The SMILES string of the molecule is CCOC(=O)c1ccc(OC[C@@H]2c3cc(OC)c(OC)cc3CCN2C(=O)c2c(F)cccc2F)cc1. The maximum atomic E-state index is 14.5. The predicted octanol–water partition coefficient (Wildman–Crippen LogP) is 4.98. The summed E-state index contributed by atoms with van der Waals surface area (Å²) in [5, 5.41) is 0. The minimum Gasteiger partial charge on any atom is -0.493 e. The van der Waals surface area contributed by atoms with E-state index in [-0.39, 0.29) is 19.8 Å². The number of rotatable bonds is 8. The first kappa shape index (κ1) is 25.9. The van der Waals surface area contributed by atoms with Gasteiger partial charge in [-0.15, -0.1) is 0 Å². The lowest BCUT2D eigenvalue weighted by molar-refractivity contribution is 0.0524. The van der Waals surface area contributed by atoms with Gasteiger partial charge in [0.15, 0.2) is 11.5 Å². The second kappa shape index (κ2) is 11.3. The lowest BCUT2D eigenvalue weighted by atomic mass is 9.91. The van der Waals surface area contributed by atoms with E-state index in [1.807, 2.05) is 6.07 Å². The third kappa shape index (κ3) is 5.35. The standard InChI is InChI=1S/C28H27F2NO6/c1-4-36-28(33)17-8-10-19(11-9-17)37-16-23-20-15-25(35-3)24(34-2)14-18(20)12-13-31(23)27(32)26-21(29)6-5-7-22(26)30/h5-11,14-15,23H,4,12-13,16H2,1-3H3/t23-/m1/s1. The summed E-state index contributed by atoms with van der Waals surface area (Å²) >= 11 is 0. The number of carbonyl (C=O) groups is 2. The van der Waals surface area contributed by atoms with Crippen molar-refractivity contribution in [3.63, 3.8) is 0 Å². The topological polar surface area (TPSA) is 74.3 Å². The Labute approximate surface area is 213 Å². The van der Waals surface area contributed by atoms with Gasteiger partial charge < -0.3 is 23.8 Å². The van der Waals surface area contributed by atoms with E-state index in [0.29, 0.717) is 29.2 Å². The summed E-state index contributed by atoms with van der Waals surface area (Å²) in [4.78, 5) is 26.7. The van der Waals surface area contributed by atoms with E-state index >= 15 is 0 Å². The van der Waals surface area contributed by atoms with Crippen molar-refractivity contribution in [1.29, 1.82) is 0 Å². The number of fused-ring (bicyclic) bond motifs is 1. The van der Waals surface area contributed by atoms with Gasteiger partial charge in [-0.3, -0.25) is 4.79 Å². The van der Waals surface area contributed by atoms with E-state index in [1.54, 1.807) is 37.3 Å². The van der Waals surface area contributed by atoms with E-state index < -0.39 is 35.1 Å². The van der Waals surface area contributed by atoms with Crippen molar-refractivity contribution in [2.24, 2.45) is 0 Å². The van der Waals surface area contributed by atoms with Crippen LogP contribution in [0.5, 0.6) is 17.2 Å². The van der Waals surface area contributed by atoms with Crippen LogP contribution in [0.3, 0.4) is 0 Å². The lowest BCUT2D eigenvalue weighted by Crippen LogP contribution is -2.43. The summed E-state index contributed by atoms with van der Waals surface area (Å²) in [5.74, 6) is -1.64. The summed E-state index contributed by atoms with van der Waals surface area (Å²) in [6.45, 7) is 2.19. The molecule has 7 nitrogen and oxygen atoms in total. The molecule has 3 aromatic carbocycles. The quantitative estimate of drug-likeness (QED) is 0.398. The predicted molar refractivity (Wildman–Crippen MR) is 131 cm³/mol. The zero-order valence-corrected chi connectivity index (χ0v) is 20.8. The molecule has 0 spiro atoms. The van der Waals surface area contributed by atoms with Gasteiger partial charge >= 0.3 is 5.97 Å². The molecule has 1 aliphatic heterocycles. The van der Waals surface area contributed by atoms with Gasteiger partial charge in [0.2, 0.25) is 0 Å². The second-order valence-corrected chi connectivity index (χ2v) is 8.32. The van der Waals surface area contributed by atoms with Crippen molar-refractivity contribution >= 4 is 11.9 Å². The Hall–Kier alpha value is -4.14. The average molecular weight is 512 g/mol. The van der Waals surface area contributed by atoms with Gasteiger partial charge in [0.25, 0.3) is 5.91 Å². The number of methoxy groups -OCH3 is 2. The Bertz CT molecular complexity index is 1270. The summed E-state index contributed by atoms with van der Waals surface area (Å²) in [6.07, 6.45) is 0.447. The van der Waals surface area contributed by atoms with Gasteiger partial charge in [0.05, 0.1) is 32.4 Å². The molecule has 1 amide bonds. The zero-order valence-electron chi connectivity index (χ0n) is 20.8. The van der Waals surface area contributed by atoms with E-state index in [0.717, 1.165) is 23.3 Å². The molecule has 194 valence electrons. The minimum absolute atomic E-state index is 0.0109. The molecule has 0 N–H and O–H groups in total. The first-order valence-electron chi connectivity index (χ1n) is 11.8. The van der Waals surface area contributed by atoms with E-state index in [9.17, 15) is 18.4 Å². The van der Waals surface area contributed by atoms with Gasteiger partial charge in [-0.05, 0) is 73.0 Å². The fourth-order valence-electron chi connectivity index (χ4n) is 4.37. The van der Waals surface area contributed by atoms with E-state index in [4.69, 9.17) is 18.9 Å². The van der Waals surface area contributed by atoms with Crippen LogP contribution in [0.4, 0.5) is 8.78 Å². The zero-order chi connectivity index (χ0) is 26.5. The third-order valence-electron chi connectivity index (χ3n) is 6.21. The molecular weight excluding hydrogens is 484 g/mol. The molecule has 0 radical (unpaired) electrons. The number of hydrogen-bond acceptors (Lipinski definition) is 6. The highest BCUT2D eigenvalue weighted by atomic mass is 19.1. The maximum Gasteiger partial charge on any atom is 0.338 e. The van der Waals surface area contributed by atoms with Crippen LogP contribution in [-0.2, 0) is 11.2 Å². The number of amides is 1. The highest BCUT2D eigenvalue weighted by Gasteiger charge is 2.35. The fraction of sp³-hybridized carbons (Fsp3) is 0.286. The molecule has 0 aromatic heterocycles. The summed E-state index contributed by atoms with van der Waals surface area (Å²) in [5.41, 5.74) is 1.38. The van der Waals surface area contributed by atoms with Crippen LogP contribution in [0.1, 0.15) is 44.8 Å². The Morgan fingerprint density at radius 3 is 2.24 bits per heavy atom. The highest BCUT2D eigenvalue weighted by Crippen LogP contribution is 2.39. The molecule has 3 aromatic rings.